The molecule has 0 spiro atoms. The van der Waals surface area contributed by atoms with Crippen LogP contribution in [-0.2, 0) is 0 Å². The summed E-state index contributed by atoms with van der Waals surface area (Å²) < 4.78 is 29.5. The van der Waals surface area contributed by atoms with Gasteiger partial charge >= 0.3 is 0 Å². The van der Waals surface area contributed by atoms with Gasteiger partial charge in [0.2, 0.25) is 11.9 Å². The highest BCUT2D eigenvalue weighted by atomic mass is 35.5. The fourth-order valence-electron chi connectivity index (χ4n) is 5.84. The van der Waals surface area contributed by atoms with E-state index in [4.69, 9.17) is 51.0 Å². The number of nitrogens with zero attached hydrogens (tertiary/aromatic N) is 6. The molecule has 3 aromatic carbocycles. The number of pyridine rings is 3. The predicted octanol–water partition coefficient (Wildman–Crippen LogP) is 9.64. The summed E-state index contributed by atoms with van der Waals surface area (Å²) in [4.78, 5) is 29.2. The summed E-state index contributed by atoms with van der Waals surface area (Å²) >= 11 is 17.5. The Labute approximate surface area is 353 Å². The third-order valence-electron chi connectivity index (χ3n) is 9.09. The fourth-order valence-corrected chi connectivity index (χ4v) is 6.36. The van der Waals surface area contributed by atoms with Crippen molar-refractivity contribution in [2.24, 2.45) is 5.92 Å². The van der Waals surface area contributed by atoms with E-state index < -0.39 is 11.9 Å². The average Bonchev–Trinajstić information content (AvgIpc) is 3.88. The highest BCUT2D eigenvalue weighted by Crippen LogP contribution is 2.26. The van der Waals surface area contributed by atoms with Gasteiger partial charge in [0.25, 0.3) is 0 Å². The van der Waals surface area contributed by atoms with Crippen LogP contribution in [0.2, 0.25) is 15.1 Å². The average molecular weight is 860 g/mol. The Morgan fingerprint density at radius 1 is 0.678 bits per heavy atom. The number of ether oxygens (including phenoxy) is 1. The van der Waals surface area contributed by atoms with E-state index in [-0.39, 0.29) is 6.61 Å². The number of benzene rings is 3. The van der Waals surface area contributed by atoms with Crippen LogP contribution in [0.1, 0.15) is 12.8 Å². The van der Waals surface area contributed by atoms with Crippen molar-refractivity contribution < 1.29 is 18.6 Å². The van der Waals surface area contributed by atoms with Gasteiger partial charge in [0.05, 0.1) is 46.7 Å². The Kier molecular flexibility index (Phi) is 14.5. The smallest absolute Gasteiger partial charge is 0.213 e. The first-order valence-electron chi connectivity index (χ1n) is 18.2. The molecule has 0 bridgehead atoms. The Morgan fingerprint density at radius 2 is 1.20 bits per heavy atom. The number of H-pyrrole nitrogens is 2. The number of aromatic amines is 2. The van der Waals surface area contributed by atoms with Crippen molar-refractivity contribution in [3.63, 3.8) is 0 Å². The predicted molar refractivity (Wildman–Crippen MR) is 232 cm³/mol. The number of anilines is 3. The number of aliphatic hydroxyl groups is 1. The van der Waals surface area contributed by atoms with Crippen LogP contribution in [0.4, 0.5) is 26.0 Å². The number of aliphatic hydroxyl groups excluding tert-OH is 1. The fraction of sp³-hybridized carbons (Fsp3) is 0.167. The SMILES string of the molecule is COc1ccc(F)nc1.Fc1ccc(-c2nc3ccc(Cl)cc3[nH]2)cn1.Nc1ccc(Cl)cc1N.OCC1CCN(c2ccc(-c3nc4ccc(Cl)cc4[nH]3)cn2)CC1. The number of rotatable bonds is 5. The minimum atomic E-state index is -0.507. The molecule has 0 amide bonds. The molecule has 304 valence electrons. The van der Waals surface area contributed by atoms with E-state index in [1.165, 1.54) is 37.7 Å². The molecule has 5 aromatic heterocycles. The molecule has 12 nitrogen and oxygen atoms in total. The van der Waals surface area contributed by atoms with E-state index in [1.807, 2.05) is 42.6 Å². The Morgan fingerprint density at radius 3 is 1.66 bits per heavy atom. The van der Waals surface area contributed by atoms with Crippen molar-refractivity contribution in [2.45, 2.75) is 12.8 Å². The zero-order valence-corrected chi connectivity index (χ0v) is 33.9. The molecule has 6 heterocycles. The number of imidazole rings is 2. The molecule has 1 aliphatic rings. The van der Waals surface area contributed by atoms with E-state index in [9.17, 15) is 13.9 Å². The molecule has 0 radical (unpaired) electrons. The van der Waals surface area contributed by atoms with Crippen LogP contribution >= 0.6 is 34.8 Å². The van der Waals surface area contributed by atoms with Gasteiger partial charge in [0, 0.05) is 58.3 Å². The third kappa shape index (κ3) is 11.8. The first kappa shape index (κ1) is 42.5. The second-order valence-corrected chi connectivity index (χ2v) is 14.5. The minimum Gasteiger partial charge on any atom is -0.495 e. The van der Waals surface area contributed by atoms with E-state index in [1.54, 1.807) is 36.4 Å². The molecule has 7 N–H and O–H groups in total. The Balaban J connectivity index is 0.000000145. The quantitative estimate of drug-likeness (QED) is 0.0826. The number of aromatic nitrogens is 7. The van der Waals surface area contributed by atoms with Gasteiger partial charge < -0.3 is 36.2 Å². The number of hydrogen-bond donors (Lipinski definition) is 5. The van der Waals surface area contributed by atoms with Crippen LogP contribution in [0.25, 0.3) is 44.8 Å². The molecule has 59 heavy (non-hydrogen) atoms. The topological polar surface area (TPSA) is 181 Å². The number of fused-ring (bicyclic) bond motifs is 2. The van der Waals surface area contributed by atoms with Crippen molar-refractivity contribution in [2.75, 3.05) is 43.2 Å². The molecule has 1 fully saturated rings. The first-order chi connectivity index (χ1) is 28.5. The highest BCUT2D eigenvalue weighted by Gasteiger charge is 2.19. The van der Waals surface area contributed by atoms with Crippen LogP contribution < -0.4 is 21.1 Å². The number of methoxy groups -OCH3 is 1. The monoisotopic (exact) mass is 858 g/mol. The maximum atomic E-state index is 12.7. The van der Waals surface area contributed by atoms with Gasteiger partial charge in [-0.3, -0.25) is 0 Å². The summed E-state index contributed by atoms with van der Waals surface area (Å²) in [6, 6.07) is 25.8. The normalized spacial score (nSPS) is 12.5. The summed E-state index contributed by atoms with van der Waals surface area (Å²) in [6.45, 7) is 2.18. The lowest BCUT2D eigenvalue weighted by molar-refractivity contribution is 0.203. The molecule has 9 rings (SSSR count). The van der Waals surface area contributed by atoms with Crippen molar-refractivity contribution in [3.8, 4) is 28.5 Å². The highest BCUT2D eigenvalue weighted by molar-refractivity contribution is 6.31. The maximum Gasteiger partial charge on any atom is 0.213 e. The Bertz CT molecular complexity index is 2580. The molecule has 8 aromatic rings. The van der Waals surface area contributed by atoms with Gasteiger partial charge in [-0.2, -0.15) is 8.78 Å². The van der Waals surface area contributed by atoms with E-state index in [0.29, 0.717) is 43.9 Å². The van der Waals surface area contributed by atoms with E-state index >= 15 is 0 Å². The first-order valence-corrected chi connectivity index (χ1v) is 19.3. The second-order valence-electron chi connectivity index (χ2n) is 13.2. The number of nitrogen functional groups attached to an aromatic ring is 2. The molecule has 1 aliphatic heterocycles. The number of nitrogens with two attached hydrogens (primary N) is 2. The largest absolute Gasteiger partial charge is 0.495 e. The van der Waals surface area contributed by atoms with Gasteiger partial charge in [-0.05, 0) is 110 Å². The van der Waals surface area contributed by atoms with Crippen LogP contribution in [0.5, 0.6) is 5.75 Å². The van der Waals surface area contributed by atoms with Gasteiger partial charge in [-0.25, -0.2) is 24.9 Å². The zero-order valence-electron chi connectivity index (χ0n) is 31.6. The molecule has 17 heteroatoms. The molecule has 0 unspecified atom stereocenters. The van der Waals surface area contributed by atoms with Crippen molar-refractivity contribution >= 4 is 74.1 Å². The summed E-state index contributed by atoms with van der Waals surface area (Å²) in [5.41, 5.74) is 17.1. The van der Waals surface area contributed by atoms with E-state index in [2.05, 4.69) is 39.8 Å². The van der Waals surface area contributed by atoms with Crippen LogP contribution in [-0.4, -0.2) is 66.8 Å². The molecule has 1 saturated heterocycles. The number of piperidine rings is 1. The molecular formula is C42H39Cl3F2N10O2. The minimum absolute atomic E-state index is 0.288. The standard InChI is InChI=1S/C18H19ClN4O.C12H7ClFN3.C6H7ClN2.C6H6FNO/c19-14-2-3-15-16(9-14)22-18(21-15)13-1-4-17(20-10-13)23-7-5-12(11-24)6-8-23;13-8-2-3-9-10(5-8)17-12(16-9)7-1-4-11(14)15-6-7;7-4-1-2-5(8)6(9)3-4;1-9-5-2-3-6(7)8-4-5/h1-4,9-10,12,24H,5-8,11H2,(H,21,22);1-6H,(H,16,17);1-3H,8-9H2;2-4H,1H3. The second kappa shape index (κ2) is 20.1. The lowest BCUT2D eigenvalue weighted by atomic mass is 9.98. The van der Waals surface area contributed by atoms with E-state index in [0.717, 1.165) is 70.8 Å². The third-order valence-corrected chi connectivity index (χ3v) is 9.80. The van der Waals surface area contributed by atoms with Crippen molar-refractivity contribution in [3.05, 3.63) is 137 Å². The summed E-state index contributed by atoms with van der Waals surface area (Å²) in [7, 11) is 1.51. The zero-order chi connectivity index (χ0) is 41.9. The summed E-state index contributed by atoms with van der Waals surface area (Å²) in [5, 5.41) is 11.2. The lowest BCUT2D eigenvalue weighted by Gasteiger charge is -2.31. The molecule has 0 saturated carbocycles. The van der Waals surface area contributed by atoms with Crippen LogP contribution in [0, 0.1) is 17.8 Å². The summed E-state index contributed by atoms with van der Waals surface area (Å²) in [6.07, 6.45) is 6.66. The number of nitrogens with one attached hydrogen (secondary N) is 2. The number of halogens is 5. The maximum absolute atomic E-state index is 12.7. The van der Waals surface area contributed by atoms with Gasteiger partial charge in [-0.1, -0.05) is 34.8 Å². The lowest BCUT2D eigenvalue weighted by Crippen LogP contribution is -2.35. The van der Waals surface area contributed by atoms with Gasteiger partial charge in [0.1, 0.15) is 23.2 Å². The molecule has 0 aliphatic carbocycles. The van der Waals surface area contributed by atoms with Gasteiger partial charge in [-0.15, -0.1) is 0 Å². The van der Waals surface area contributed by atoms with Gasteiger partial charge in [0.15, 0.2) is 0 Å². The van der Waals surface area contributed by atoms with Crippen LogP contribution in [0.3, 0.4) is 0 Å². The van der Waals surface area contributed by atoms with Crippen LogP contribution in [0.15, 0.2) is 110 Å². The number of hydrogen-bond acceptors (Lipinski definition) is 10. The van der Waals surface area contributed by atoms with Crippen molar-refractivity contribution in [1.82, 2.24) is 34.9 Å². The molecule has 0 atom stereocenters. The summed E-state index contributed by atoms with van der Waals surface area (Å²) in [5.74, 6) is 2.43. The Hall–Kier alpha value is -6.06. The van der Waals surface area contributed by atoms with Crippen molar-refractivity contribution in [1.29, 1.82) is 0 Å². The molecular weight excluding hydrogens is 821 g/mol.